The fraction of sp³-hybridized carbons (Fsp3) is 0.756. The summed E-state index contributed by atoms with van der Waals surface area (Å²) in [4.78, 5) is 23.9. The van der Waals surface area contributed by atoms with Crippen LogP contribution in [0.1, 0.15) is 174 Å². The van der Waals surface area contributed by atoms with Gasteiger partial charge in [0.05, 0.1) is 6.10 Å². The van der Waals surface area contributed by atoms with E-state index in [4.69, 9.17) is 9.47 Å². The molecule has 0 aliphatic rings. The molecule has 0 aliphatic carbocycles. The highest BCUT2D eigenvalue weighted by Crippen LogP contribution is 2.14. The fourth-order valence-electron chi connectivity index (χ4n) is 5.16. The molecule has 6 heteroatoms. The van der Waals surface area contributed by atoms with Crippen LogP contribution in [-0.4, -0.2) is 47.6 Å². The highest BCUT2D eigenvalue weighted by atomic mass is 16.6. The molecule has 0 spiro atoms. The molecule has 6 nitrogen and oxygen atoms in total. The molecule has 272 valence electrons. The van der Waals surface area contributed by atoms with Crippen LogP contribution in [-0.2, 0) is 19.1 Å². The van der Waals surface area contributed by atoms with Crippen LogP contribution in [0, 0.1) is 0 Å². The van der Waals surface area contributed by atoms with Gasteiger partial charge in [0.25, 0.3) is 0 Å². The molecule has 0 aromatic rings. The van der Waals surface area contributed by atoms with Crippen molar-refractivity contribution in [1.29, 1.82) is 0 Å². The molecule has 0 unspecified atom stereocenters. The van der Waals surface area contributed by atoms with Gasteiger partial charge in [-0.15, -0.1) is 0 Å². The van der Waals surface area contributed by atoms with Crippen LogP contribution >= 0.6 is 0 Å². The Balaban J connectivity index is 3.59. The second-order valence-electron chi connectivity index (χ2n) is 12.9. The zero-order valence-corrected chi connectivity index (χ0v) is 30.4. The number of aliphatic hydroxyl groups excluding tert-OH is 2. The average Bonchev–Trinajstić information content (AvgIpc) is 3.06. The van der Waals surface area contributed by atoms with Crippen LogP contribution in [0.4, 0.5) is 0 Å². The Hall–Kier alpha value is -2.18. The third kappa shape index (κ3) is 36.5. The Morgan fingerprint density at radius 3 is 1.57 bits per heavy atom. The fourth-order valence-corrected chi connectivity index (χ4v) is 5.16. The van der Waals surface area contributed by atoms with Crippen molar-refractivity contribution in [2.24, 2.45) is 0 Å². The number of hydrogen-bond acceptors (Lipinski definition) is 6. The predicted octanol–water partition coefficient (Wildman–Crippen LogP) is 10.8. The van der Waals surface area contributed by atoms with Crippen molar-refractivity contribution >= 4 is 11.9 Å². The second kappa shape index (κ2) is 36.7. The van der Waals surface area contributed by atoms with E-state index in [9.17, 15) is 19.8 Å². The van der Waals surface area contributed by atoms with E-state index < -0.39 is 12.2 Å². The van der Waals surface area contributed by atoms with Gasteiger partial charge in [-0.1, -0.05) is 165 Å². The molecule has 0 radical (unpaired) electrons. The van der Waals surface area contributed by atoms with Crippen LogP contribution in [0.25, 0.3) is 0 Å². The van der Waals surface area contributed by atoms with Crippen molar-refractivity contribution in [3.05, 3.63) is 48.6 Å². The van der Waals surface area contributed by atoms with Gasteiger partial charge in [0.1, 0.15) is 19.3 Å². The Morgan fingerprint density at radius 2 is 1.00 bits per heavy atom. The summed E-state index contributed by atoms with van der Waals surface area (Å²) >= 11 is 0. The number of allylic oxidation sites excluding steroid dienone is 6. The van der Waals surface area contributed by atoms with Gasteiger partial charge in [0.2, 0.25) is 0 Å². The second-order valence-corrected chi connectivity index (χ2v) is 12.9. The van der Waals surface area contributed by atoms with Gasteiger partial charge in [0, 0.05) is 12.8 Å². The quantitative estimate of drug-likeness (QED) is 0.0309. The molecular weight excluding hydrogens is 588 g/mol. The van der Waals surface area contributed by atoms with Crippen molar-refractivity contribution in [1.82, 2.24) is 0 Å². The first-order valence-electron chi connectivity index (χ1n) is 19.3. The molecule has 2 N–H and O–H groups in total. The summed E-state index contributed by atoms with van der Waals surface area (Å²) in [6, 6.07) is 0. The SMILES string of the molecule is CCCCC/C=C\C=C/[C@@H](O)C/C=C\C/C=C/CCCC(=O)OC[C@@H](O)COC(=O)CCCCCCCCCCCCCCCCC. The lowest BCUT2D eigenvalue weighted by Gasteiger charge is -2.12. The van der Waals surface area contributed by atoms with Crippen LogP contribution in [0.3, 0.4) is 0 Å². The average molecular weight is 661 g/mol. The third-order valence-corrected chi connectivity index (χ3v) is 8.15. The molecule has 0 heterocycles. The zero-order chi connectivity index (χ0) is 34.5. The maximum atomic E-state index is 12.0. The van der Waals surface area contributed by atoms with Crippen molar-refractivity contribution < 1.29 is 29.3 Å². The summed E-state index contributed by atoms with van der Waals surface area (Å²) < 4.78 is 10.3. The first-order chi connectivity index (χ1) is 23.0. The molecule has 47 heavy (non-hydrogen) atoms. The van der Waals surface area contributed by atoms with E-state index in [-0.39, 0.29) is 31.6 Å². The van der Waals surface area contributed by atoms with Crippen LogP contribution in [0.15, 0.2) is 48.6 Å². The van der Waals surface area contributed by atoms with Crippen molar-refractivity contribution in [3.8, 4) is 0 Å². The summed E-state index contributed by atoms with van der Waals surface area (Å²) in [6.45, 7) is 4.15. The molecule has 0 aromatic carbocycles. The van der Waals surface area contributed by atoms with E-state index in [1.165, 1.54) is 96.3 Å². The van der Waals surface area contributed by atoms with Gasteiger partial charge in [-0.3, -0.25) is 9.59 Å². The van der Waals surface area contributed by atoms with Crippen LogP contribution < -0.4 is 0 Å². The third-order valence-electron chi connectivity index (χ3n) is 8.15. The smallest absolute Gasteiger partial charge is 0.305 e. The standard InChI is InChI=1S/C41H72O6/c1-3-5-7-9-11-12-13-14-15-16-17-18-22-26-30-34-40(44)46-36-39(43)37-47-41(45)35-31-27-23-19-21-25-29-33-38(42)32-28-24-20-10-8-6-4-2/h19-20,23-25,28-29,32,38-39,42-43H,3-18,21-22,26-27,30-31,33-37H2,1-2H3/b23-19+,24-20-,29-25-,32-28-/t38-,39+/m1/s1. The molecule has 0 rings (SSSR count). The number of rotatable bonds is 34. The molecule has 0 saturated heterocycles. The maximum absolute atomic E-state index is 12.0. The molecular formula is C41H72O6. The van der Waals surface area contributed by atoms with Gasteiger partial charge < -0.3 is 19.7 Å². The van der Waals surface area contributed by atoms with E-state index in [0.29, 0.717) is 19.3 Å². The first kappa shape index (κ1) is 44.8. The summed E-state index contributed by atoms with van der Waals surface area (Å²) in [7, 11) is 0. The minimum atomic E-state index is -1.00. The molecule has 0 bridgehead atoms. The predicted molar refractivity (Wildman–Crippen MR) is 197 cm³/mol. The lowest BCUT2D eigenvalue weighted by atomic mass is 10.0. The van der Waals surface area contributed by atoms with E-state index in [2.05, 4.69) is 19.9 Å². The van der Waals surface area contributed by atoms with E-state index >= 15 is 0 Å². The van der Waals surface area contributed by atoms with Gasteiger partial charge in [-0.05, 0) is 44.9 Å². The number of carbonyl (C=O) groups is 2. The normalized spacial score (nSPS) is 13.4. The van der Waals surface area contributed by atoms with E-state index in [1.807, 2.05) is 42.5 Å². The number of esters is 2. The van der Waals surface area contributed by atoms with Gasteiger partial charge >= 0.3 is 11.9 Å². The zero-order valence-electron chi connectivity index (χ0n) is 30.4. The lowest BCUT2D eigenvalue weighted by molar-refractivity contribution is -0.152. The Bertz CT molecular complexity index is 815. The molecule has 0 saturated carbocycles. The number of unbranched alkanes of at least 4 members (excludes halogenated alkanes) is 18. The molecule has 0 aliphatic heterocycles. The largest absolute Gasteiger partial charge is 0.463 e. The van der Waals surface area contributed by atoms with E-state index in [1.54, 1.807) is 0 Å². The molecule has 2 atom stereocenters. The summed E-state index contributed by atoms with van der Waals surface area (Å²) in [5.41, 5.74) is 0. The Morgan fingerprint density at radius 1 is 0.532 bits per heavy atom. The Labute approximate surface area is 289 Å². The Kier molecular flexibility index (Phi) is 35.0. The van der Waals surface area contributed by atoms with Crippen LogP contribution in [0.2, 0.25) is 0 Å². The summed E-state index contributed by atoms with van der Waals surface area (Å²) in [6.07, 6.45) is 41.9. The van der Waals surface area contributed by atoms with Gasteiger partial charge in [-0.2, -0.15) is 0 Å². The molecule has 0 aromatic heterocycles. The monoisotopic (exact) mass is 661 g/mol. The minimum Gasteiger partial charge on any atom is -0.463 e. The van der Waals surface area contributed by atoms with Crippen molar-refractivity contribution in [2.75, 3.05) is 13.2 Å². The number of hydrogen-bond donors (Lipinski definition) is 2. The lowest BCUT2D eigenvalue weighted by Crippen LogP contribution is -2.25. The number of carbonyl (C=O) groups excluding carboxylic acids is 2. The number of aliphatic hydroxyl groups is 2. The topological polar surface area (TPSA) is 93.1 Å². The highest BCUT2D eigenvalue weighted by Gasteiger charge is 2.12. The van der Waals surface area contributed by atoms with E-state index in [0.717, 1.165) is 38.5 Å². The van der Waals surface area contributed by atoms with Crippen molar-refractivity contribution in [3.63, 3.8) is 0 Å². The highest BCUT2D eigenvalue weighted by molar-refractivity contribution is 5.69. The molecule has 0 fully saturated rings. The summed E-state index contributed by atoms with van der Waals surface area (Å²) in [5.74, 6) is -0.667. The van der Waals surface area contributed by atoms with Gasteiger partial charge in [0.15, 0.2) is 0 Å². The first-order valence-corrected chi connectivity index (χ1v) is 19.3. The minimum absolute atomic E-state index is 0.148. The van der Waals surface area contributed by atoms with Gasteiger partial charge in [-0.25, -0.2) is 0 Å². The number of ether oxygens (including phenoxy) is 2. The molecule has 0 amide bonds. The van der Waals surface area contributed by atoms with Crippen LogP contribution in [0.5, 0.6) is 0 Å². The summed E-state index contributed by atoms with van der Waals surface area (Å²) in [5, 5.41) is 20.0. The van der Waals surface area contributed by atoms with Crippen molar-refractivity contribution in [2.45, 2.75) is 187 Å². The maximum Gasteiger partial charge on any atom is 0.305 e.